The summed E-state index contributed by atoms with van der Waals surface area (Å²) in [7, 11) is 0. The maximum absolute atomic E-state index is 12.2. The zero-order valence-corrected chi connectivity index (χ0v) is 11.7. The fourth-order valence-electron chi connectivity index (χ4n) is 2.11. The van der Waals surface area contributed by atoms with E-state index in [1.54, 1.807) is 12.1 Å². The predicted octanol–water partition coefficient (Wildman–Crippen LogP) is 1.21. The first-order valence-corrected chi connectivity index (χ1v) is 6.74. The van der Waals surface area contributed by atoms with Crippen molar-refractivity contribution < 1.29 is 4.79 Å². The maximum Gasteiger partial charge on any atom is 0.281 e. The van der Waals surface area contributed by atoms with Crippen LogP contribution < -0.4 is 16.6 Å². The summed E-state index contributed by atoms with van der Waals surface area (Å²) in [6.07, 6.45) is 2.76. The van der Waals surface area contributed by atoms with E-state index in [1.807, 2.05) is 30.3 Å². The summed E-state index contributed by atoms with van der Waals surface area (Å²) < 4.78 is 1.27. The Balaban J connectivity index is 1.85. The van der Waals surface area contributed by atoms with Crippen LogP contribution in [0, 0.1) is 0 Å². The lowest BCUT2D eigenvalue weighted by Gasteiger charge is -2.07. The first kappa shape index (κ1) is 13.8. The number of carbonyl (C=O) groups is 1. The number of benzene rings is 1. The minimum Gasteiger partial charge on any atom is -0.393 e. The lowest BCUT2D eigenvalue weighted by molar-refractivity contribution is 0.0950. The Morgan fingerprint density at radius 2 is 1.95 bits per heavy atom. The Morgan fingerprint density at radius 1 is 1.18 bits per heavy atom. The molecule has 6 nitrogen and oxygen atoms in total. The van der Waals surface area contributed by atoms with Gasteiger partial charge in [-0.2, -0.15) is 0 Å². The van der Waals surface area contributed by atoms with Gasteiger partial charge < -0.3 is 11.1 Å². The molecule has 0 aliphatic heterocycles. The van der Waals surface area contributed by atoms with Crippen molar-refractivity contribution in [3.05, 3.63) is 76.3 Å². The summed E-state index contributed by atoms with van der Waals surface area (Å²) in [6.45, 7) is 0.418. The molecule has 0 radical (unpaired) electrons. The van der Waals surface area contributed by atoms with Crippen LogP contribution in [-0.2, 0) is 6.54 Å². The van der Waals surface area contributed by atoms with Crippen LogP contribution in [0.4, 0.5) is 5.69 Å². The smallest absolute Gasteiger partial charge is 0.281 e. The molecule has 110 valence electrons. The lowest BCUT2D eigenvalue weighted by Crippen LogP contribution is -2.25. The van der Waals surface area contributed by atoms with E-state index in [4.69, 9.17) is 5.73 Å². The molecule has 1 aromatic carbocycles. The van der Waals surface area contributed by atoms with Crippen LogP contribution in [0.5, 0.6) is 0 Å². The zero-order chi connectivity index (χ0) is 15.5. The SMILES string of the molecule is Nc1cnc2ccc(C(=O)NCc3ccccc3)cn2c1=O. The Hall–Kier alpha value is -3.15. The summed E-state index contributed by atoms with van der Waals surface area (Å²) in [5.74, 6) is -0.264. The molecule has 0 aliphatic carbocycles. The number of nitrogens with zero attached hydrogens (tertiary/aromatic N) is 2. The molecule has 0 fully saturated rings. The number of pyridine rings is 1. The van der Waals surface area contributed by atoms with Gasteiger partial charge in [-0.05, 0) is 17.7 Å². The normalized spacial score (nSPS) is 10.5. The van der Waals surface area contributed by atoms with Gasteiger partial charge in [0.25, 0.3) is 11.5 Å². The van der Waals surface area contributed by atoms with E-state index in [-0.39, 0.29) is 17.2 Å². The molecule has 3 aromatic rings. The van der Waals surface area contributed by atoms with Crippen LogP contribution in [0.3, 0.4) is 0 Å². The number of rotatable bonds is 3. The van der Waals surface area contributed by atoms with Crippen LogP contribution in [0.15, 0.2) is 59.7 Å². The van der Waals surface area contributed by atoms with Crippen LogP contribution in [0.2, 0.25) is 0 Å². The number of hydrogen-bond acceptors (Lipinski definition) is 4. The average Bonchev–Trinajstić information content (AvgIpc) is 2.57. The predicted molar refractivity (Wildman–Crippen MR) is 83.5 cm³/mol. The fourth-order valence-corrected chi connectivity index (χ4v) is 2.11. The highest BCUT2D eigenvalue weighted by Gasteiger charge is 2.08. The van der Waals surface area contributed by atoms with E-state index in [9.17, 15) is 9.59 Å². The molecule has 0 saturated carbocycles. The van der Waals surface area contributed by atoms with Crippen molar-refractivity contribution in [3.63, 3.8) is 0 Å². The van der Waals surface area contributed by atoms with Crippen molar-refractivity contribution in [2.45, 2.75) is 6.54 Å². The number of carbonyl (C=O) groups excluding carboxylic acids is 1. The second-order valence-electron chi connectivity index (χ2n) is 4.83. The molecule has 3 N–H and O–H groups in total. The Morgan fingerprint density at radius 3 is 2.73 bits per heavy atom. The molecule has 0 aliphatic rings. The second-order valence-corrected chi connectivity index (χ2v) is 4.83. The van der Waals surface area contributed by atoms with E-state index in [0.29, 0.717) is 17.8 Å². The molecule has 2 aromatic heterocycles. The Labute approximate surface area is 126 Å². The largest absolute Gasteiger partial charge is 0.393 e. The highest BCUT2D eigenvalue weighted by molar-refractivity contribution is 5.94. The van der Waals surface area contributed by atoms with E-state index >= 15 is 0 Å². The van der Waals surface area contributed by atoms with Crippen molar-refractivity contribution in [2.24, 2.45) is 0 Å². The molecule has 2 heterocycles. The van der Waals surface area contributed by atoms with E-state index < -0.39 is 0 Å². The third-order valence-electron chi connectivity index (χ3n) is 3.29. The van der Waals surface area contributed by atoms with Crippen molar-refractivity contribution in [1.29, 1.82) is 0 Å². The maximum atomic E-state index is 12.2. The molecule has 1 amide bonds. The van der Waals surface area contributed by atoms with Crippen LogP contribution in [-0.4, -0.2) is 15.3 Å². The highest BCUT2D eigenvalue weighted by atomic mass is 16.1. The number of fused-ring (bicyclic) bond motifs is 1. The third-order valence-corrected chi connectivity index (χ3v) is 3.29. The molecule has 0 spiro atoms. The van der Waals surface area contributed by atoms with Crippen LogP contribution in [0.25, 0.3) is 5.65 Å². The topological polar surface area (TPSA) is 89.5 Å². The van der Waals surface area contributed by atoms with Gasteiger partial charge in [-0.3, -0.25) is 14.0 Å². The Kier molecular flexibility index (Phi) is 3.57. The zero-order valence-electron chi connectivity index (χ0n) is 11.7. The summed E-state index contributed by atoms with van der Waals surface area (Å²) in [5, 5.41) is 2.81. The van der Waals surface area contributed by atoms with Crippen molar-refractivity contribution in [2.75, 3.05) is 5.73 Å². The van der Waals surface area contributed by atoms with Crippen molar-refractivity contribution in [1.82, 2.24) is 14.7 Å². The van der Waals surface area contributed by atoms with Crippen molar-refractivity contribution >= 4 is 17.2 Å². The van der Waals surface area contributed by atoms with Gasteiger partial charge in [0, 0.05) is 12.7 Å². The van der Waals surface area contributed by atoms with Gasteiger partial charge in [0.15, 0.2) is 0 Å². The summed E-state index contributed by atoms with van der Waals surface area (Å²) in [5.41, 5.74) is 7.02. The van der Waals surface area contributed by atoms with Gasteiger partial charge in [0.2, 0.25) is 0 Å². The van der Waals surface area contributed by atoms with Gasteiger partial charge in [-0.15, -0.1) is 0 Å². The number of amides is 1. The standard InChI is InChI=1S/C16H14N4O2/c17-13-9-18-14-7-6-12(10-20(14)16(13)22)15(21)19-8-11-4-2-1-3-5-11/h1-7,9-10H,8,17H2,(H,19,21). The average molecular weight is 294 g/mol. The summed E-state index contributed by atoms with van der Waals surface area (Å²) >= 11 is 0. The molecule has 3 rings (SSSR count). The minimum absolute atomic E-state index is 0.0411. The van der Waals surface area contributed by atoms with Gasteiger partial charge in [-0.25, -0.2) is 4.98 Å². The molecule has 0 atom stereocenters. The van der Waals surface area contributed by atoms with Crippen molar-refractivity contribution in [3.8, 4) is 0 Å². The van der Waals surface area contributed by atoms with Crippen LogP contribution in [0.1, 0.15) is 15.9 Å². The number of nitrogens with one attached hydrogen (secondary N) is 1. The monoisotopic (exact) mass is 294 g/mol. The van der Waals surface area contributed by atoms with Gasteiger partial charge in [0.05, 0.1) is 11.8 Å². The first-order valence-electron chi connectivity index (χ1n) is 6.74. The molecular formula is C16H14N4O2. The molecular weight excluding hydrogens is 280 g/mol. The van der Waals surface area contributed by atoms with E-state index in [0.717, 1.165) is 5.56 Å². The molecule has 0 unspecified atom stereocenters. The fraction of sp³-hybridized carbons (Fsp3) is 0.0625. The third kappa shape index (κ3) is 2.67. The van der Waals surface area contributed by atoms with Crippen LogP contribution >= 0.6 is 0 Å². The number of nitrogen functional groups attached to an aromatic ring is 1. The number of hydrogen-bond donors (Lipinski definition) is 2. The second kappa shape index (κ2) is 5.69. The molecule has 0 bridgehead atoms. The quantitative estimate of drug-likeness (QED) is 0.759. The first-order chi connectivity index (χ1) is 10.6. The number of aromatic nitrogens is 2. The van der Waals surface area contributed by atoms with Gasteiger partial charge in [0.1, 0.15) is 11.3 Å². The van der Waals surface area contributed by atoms with Gasteiger partial charge >= 0.3 is 0 Å². The number of nitrogens with two attached hydrogens (primary N) is 1. The van der Waals surface area contributed by atoms with E-state index in [2.05, 4.69) is 10.3 Å². The molecule has 22 heavy (non-hydrogen) atoms. The summed E-state index contributed by atoms with van der Waals surface area (Å²) in [6, 6.07) is 12.8. The Bertz CT molecular complexity index is 888. The minimum atomic E-state index is -0.386. The number of anilines is 1. The molecule has 6 heteroatoms. The summed E-state index contributed by atoms with van der Waals surface area (Å²) in [4.78, 5) is 28.2. The molecule has 0 saturated heterocycles. The highest BCUT2D eigenvalue weighted by Crippen LogP contribution is 2.05. The van der Waals surface area contributed by atoms with Gasteiger partial charge in [-0.1, -0.05) is 30.3 Å². The van der Waals surface area contributed by atoms with E-state index in [1.165, 1.54) is 16.8 Å². The lowest BCUT2D eigenvalue weighted by atomic mass is 10.2.